The van der Waals surface area contributed by atoms with Crippen molar-refractivity contribution in [2.75, 3.05) is 27.9 Å². The zero-order valence-electron chi connectivity index (χ0n) is 19.9. The first kappa shape index (κ1) is 25.9. The second-order valence-electron chi connectivity index (χ2n) is 8.11. The predicted molar refractivity (Wildman–Crippen MR) is 146 cm³/mol. The number of aromatic nitrogens is 2. The highest BCUT2D eigenvalue weighted by molar-refractivity contribution is 7.89. The lowest BCUT2D eigenvalue weighted by atomic mass is 10.2. The van der Waals surface area contributed by atoms with Crippen molar-refractivity contribution in [2.45, 2.75) is 11.8 Å². The minimum Gasteiger partial charge on any atom is -0.328 e. The molecule has 4 rings (SSSR count). The average Bonchev–Trinajstić information content (AvgIpc) is 2.86. The van der Waals surface area contributed by atoms with Crippen molar-refractivity contribution >= 4 is 62.2 Å². The van der Waals surface area contributed by atoms with Gasteiger partial charge < -0.3 is 20.9 Å². The van der Waals surface area contributed by atoms with E-state index in [9.17, 15) is 13.2 Å². The van der Waals surface area contributed by atoms with Crippen LogP contribution in [0.15, 0.2) is 83.9 Å². The summed E-state index contributed by atoms with van der Waals surface area (Å²) >= 11 is 6.36. The standard InChI is InChI=1S/C25H24ClN7O3S/c1-16-6-8-17(9-7-16)30-25(34)31-18-10-12-20(13-11-18)33(2)23-22(26)15-28-24(32-23)29-19-4-3-5-21(14-19)37(27,35)36/h3-15H,1-2H3,(H2,27,35,36)(H,28,29,32)(H2,30,31,34). The van der Waals surface area contributed by atoms with E-state index < -0.39 is 10.0 Å². The van der Waals surface area contributed by atoms with Crippen molar-refractivity contribution < 1.29 is 13.2 Å². The van der Waals surface area contributed by atoms with Gasteiger partial charge in [0.2, 0.25) is 16.0 Å². The maximum atomic E-state index is 12.3. The summed E-state index contributed by atoms with van der Waals surface area (Å²) in [5.41, 5.74) is 3.61. The van der Waals surface area contributed by atoms with E-state index in [0.717, 1.165) is 11.3 Å². The highest BCUT2D eigenvalue weighted by Gasteiger charge is 2.14. The highest BCUT2D eigenvalue weighted by atomic mass is 35.5. The molecule has 10 nitrogen and oxygen atoms in total. The third-order valence-electron chi connectivity index (χ3n) is 5.28. The predicted octanol–water partition coefficient (Wildman–Crippen LogP) is 5.24. The van der Waals surface area contributed by atoms with Gasteiger partial charge in [-0.2, -0.15) is 4.98 Å². The van der Waals surface area contributed by atoms with Gasteiger partial charge in [0, 0.05) is 29.8 Å². The van der Waals surface area contributed by atoms with Crippen molar-refractivity contribution in [1.82, 2.24) is 9.97 Å². The van der Waals surface area contributed by atoms with Crippen LogP contribution < -0.4 is 26.0 Å². The molecule has 1 aromatic heterocycles. The SMILES string of the molecule is Cc1ccc(NC(=O)Nc2ccc(N(C)c3nc(Nc4cccc(S(N)(=O)=O)c4)ncc3Cl)cc2)cc1. The van der Waals surface area contributed by atoms with Crippen molar-refractivity contribution in [3.8, 4) is 0 Å². The molecule has 0 saturated heterocycles. The molecule has 4 aromatic rings. The Labute approximate surface area is 219 Å². The van der Waals surface area contributed by atoms with E-state index in [2.05, 4.69) is 25.9 Å². The fourth-order valence-corrected chi connectivity index (χ4v) is 4.13. The van der Waals surface area contributed by atoms with E-state index in [-0.39, 0.29) is 16.9 Å². The van der Waals surface area contributed by atoms with Crippen molar-refractivity contribution in [3.63, 3.8) is 0 Å². The van der Waals surface area contributed by atoms with E-state index in [1.807, 2.05) is 43.3 Å². The van der Waals surface area contributed by atoms with Gasteiger partial charge in [0.05, 0.1) is 11.1 Å². The average molecular weight is 538 g/mol. The monoisotopic (exact) mass is 537 g/mol. The first-order valence-electron chi connectivity index (χ1n) is 11.0. The van der Waals surface area contributed by atoms with Gasteiger partial charge in [0.15, 0.2) is 5.82 Å². The quantitative estimate of drug-likeness (QED) is 0.252. The molecule has 190 valence electrons. The normalized spacial score (nSPS) is 11.0. The van der Waals surface area contributed by atoms with Crippen LogP contribution in [0.4, 0.5) is 39.3 Å². The number of nitrogens with one attached hydrogen (secondary N) is 3. The molecule has 12 heteroatoms. The van der Waals surface area contributed by atoms with Gasteiger partial charge in [-0.25, -0.2) is 23.3 Å². The molecule has 0 unspecified atom stereocenters. The molecule has 3 aromatic carbocycles. The van der Waals surface area contributed by atoms with Crippen LogP contribution >= 0.6 is 11.6 Å². The van der Waals surface area contributed by atoms with Crippen LogP contribution in [0.5, 0.6) is 0 Å². The molecule has 37 heavy (non-hydrogen) atoms. The Bertz CT molecular complexity index is 1530. The Kier molecular flexibility index (Phi) is 7.58. The van der Waals surface area contributed by atoms with Crippen LogP contribution in [0.25, 0.3) is 0 Å². The highest BCUT2D eigenvalue weighted by Crippen LogP contribution is 2.30. The van der Waals surface area contributed by atoms with E-state index in [1.165, 1.54) is 18.3 Å². The lowest BCUT2D eigenvalue weighted by Gasteiger charge is -2.20. The topological polar surface area (TPSA) is 142 Å². The van der Waals surface area contributed by atoms with Gasteiger partial charge in [-0.15, -0.1) is 0 Å². The van der Waals surface area contributed by atoms with E-state index in [4.69, 9.17) is 16.7 Å². The van der Waals surface area contributed by atoms with Gasteiger partial charge in [-0.3, -0.25) is 0 Å². The first-order chi connectivity index (χ1) is 17.6. The number of primary sulfonamides is 1. The summed E-state index contributed by atoms with van der Waals surface area (Å²) < 4.78 is 23.3. The zero-order valence-corrected chi connectivity index (χ0v) is 21.5. The van der Waals surface area contributed by atoms with Gasteiger partial charge in [0.25, 0.3) is 0 Å². The van der Waals surface area contributed by atoms with Gasteiger partial charge in [-0.1, -0.05) is 35.4 Å². The van der Waals surface area contributed by atoms with Crippen LogP contribution in [-0.4, -0.2) is 31.5 Å². The van der Waals surface area contributed by atoms with Crippen molar-refractivity contribution in [3.05, 3.63) is 89.6 Å². The van der Waals surface area contributed by atoms with Crippen molar-refractivity contribution in [2.24, 2.45) is 5.14 Å². The minimum atomic E-state index is -3.85. The Morgan fingerprint density at radius 3 is 2.19 bits per heavy atom. The minimum absolute atomic E-state index is 0.0370. The molecule has 0 atom stereocenters. The number of sulfonamides is 1. The number of carbonyl (C=O) groups excluding carboxylic acids is 1. The number of benzene rings is 3. The Morgan fingerprint density at radius 1 is 0.946 bits per heavy atom. The van der Waals surface area contributed by atoms with Crippen LogP contribution in [0.3, 0.4) is 0 Å². The number of aryl methyl sites for hydroxylation is 1. The van der Waals surface area contributed by atoms with Crippen LogP contribution in [0.1, 0.15) is 5.56 Å². The lowest BCUT2D eigenvalue weighted by molar-refractivity contribution is 0.262. The smallest absolute Gasteiger partial charge is 0.323 e. The Hall–Kier alpha value is -4.19. The molecular weight excluding hydrogens is 514 g/mol. The zero-order chi connectivity index (χ0) is 26.6. The second-order valence-corrected chi connectivity index (χ2v) is 10.1. The number of urea groups is 1. The summed E-state index contributed by atoms with van der Waals surface area (Å²) in [4.78, 5) is 22.7. The number of nitrogens with zero attached hydrogens (tertiary/aromatic N) is 3. The largest absolute Gasteiger partial charge is 0.328 e. The van der Waals surface area contributed by atoms with E-state index in [1.54, 1.807) is 36.2 Å². The fourth-order valence-electron chi connectivity index (χ4n) is 3.35. The number of halogens is 1. The molecule has 0 saturated carbocycles. The molecular formula is C25H24ClN7O3S. The summed E-state index contributed by atoms with van der Waals surface area (Å²) in [6.07, 6.45) is 1.44. The molecule has 0 radical (unpaired) electrons. The Morgan fingerprint density at radius 2 is 1.57 bits per heavy atom. The lowest BCUT2D eigenvalue weighted by Crippen LogP contribution is -2.19. The summed E-state index contributed by atoms with van der Waals surface area (Å²) in [5, 5.41) is 14.1. The van der Waals surface area contributed by atoms with Gasteiger partial charge in [-0.05, 0) is 61.5 Å². The summed E-state index contributed by atoms with van der Waals surface area (Å²) in [7, 11) is -2.07. The number of hydrogen-bond donors (Lipinski definition) is 4. The molecule has 2 amide bonds. The van der Waals surface area contributed by atoms with Gasteiger partial charge in [0.1, 0.15) is 5.02 Å². The summed E-state index contributed by atoms with van der Waals surface area (Å²) in [6, 6.07) is 20.3. The molecule has 5 N–H and O–H groups in total. The fraction of sp³-hybridized carbons (Fsp3) is 0.0800. The van der Waals surface area contributed by atoms with Crippen LogP contribution in [0, 0.1) is 6.92 Å². The molecule has 0 fully saturated rings. The molecule has 0 aliphatic carbocycles. The van der Waals surface area contributed by atoms with Crippen molar-refractivity contribution in [1.29, 1.82) is 0 Å². The Balaban J connectivity index is 1.46. The molecule has 0 bridgehead atoms. The third-order valence-corrected chi connectivity index (χ3v) is 6.46. The number of anilines is 6. The van der Waals surface area contributed by atoms with Crippen LogP contribution in [-0.2, 0) is 10.0 Å². The van der Waals surface area contributed by atoms with Crippen LogP contribution in [0.2, 0.25) is 5.02 Å². The number of carbonyl (C=O) groups is 1. The molecule has 0 aliphatic heterocycles. The number of hydrogen-bond acceptors (Lipinski definition) is 7. The molecule has 0 spiro atoms. The maximum absolute atomic E-state index is 12.3. The summed E-state index contributed by atoms with van der Waals surface area (Å²) in [5.74, 6) is 0.628. The van der Waals surface area contributed by atoms with E-state index >= 15 is 0 Å². The maximum Gasteiger partial charge on any atom is 0.323 e. The third kappa shape index (κ3) is 6.73. The molecule has 1 heterocycles. The first-order valence-corrected chi connectivity index (χ1v) is 12.9. The van der Waals surface area contributed by atoms with Gasteiger partial charge >= 0.3 is 6.03 Å². The van der Waals surface area contributed by atoms with E-state index in [0.29, 0.717) is 27.9 Å². The molecule has 0 aliphatic rings. The number of nitrogens with two attached hydrogens (primary N) is 1. The summed E-state index contributed by atoms with van der Waals surface area (Å²) in [6.45, 7) is 1.98. The second kappa shape index (κ2) is 10.8. The number of amides is 2. The number of rotatable bonds is 7.